The molecule has 0 amide bonds. The summed E-state index contributed by atoms with van der Waals surface area (Å²) in [7, 11) is 5.39. The lowest BCUT2D eigenvalue weighted by Crippen LogP contribution is -2.40. The molecular formula is C23H37IN4O2S. The zero-order valence-corrected chi connectivity index (χ0v) is 23.0. The molecule has 0 unspecified atom stereocenters. The van der Waals surface area contributed by atoms with Crippen molar-refractivity contribution in [3.05, 3.63) is 39.8 Å². The first-order chi connectivity index (χ1) is 14.3. The first-order valence-corrected chi connectivity index (χ1v) is 11.3. The molecule has 1 aromatic carbocycles. The van der Waals surface area contributed by atoms with Crippen LogP contribution in [0.4, 0.5) is 0 Å². The van der Waals surface area contributed by atoms with E-state index in [1.165, 1.54) is 5.56 Å². The Balaban J connectivity index is 0.00000480. The second kappa shape index (κ2) is 13.1. The highest BCUT2D eigenvalue weighted by molar-refractivity contribution is 14.0. The number of likely N-dealkylation sites (N-methyl/N-ethyl adjacent to an activating group) is 1. The van der Waals surface area contributed by atoms with Crippen molar-refractivity contribution in [1.82, 2.24) is 15.2 Å². The maximum absolute atomic E-state index is 5.41. The van der Waals surface area contributed by atoms with E-state index in [0.29, 0.717) is 0 Å². The highest BCUT2D eigenvalue weighted by atomic mass is 127. The molecule has 0 saturated carbocycles. The van der Waals surface area contributed by atoms with Crippen LogP contribution >= 0.6 is 35.3 Å². The first kappa shape index (κ1) is 27.5. The number of ether oxygens (including phenoxy) is 2. The van der Waals surface area contributed by atoms with E-state index >= 15 is 0 Å². The quantitative estimate of drug-likeness (QED) is 0.273. The van der Waals surface area contributed by atoms with Gasteiger partial charge >= 0.3 is 0 Å². The molecule has 2 aromatic rings. The predicted octanol–water partition coefficient (Wildman–Crippen LogP) is 4.76. The number of nitrogens with zero attached hydrogens (tertiary/aromatic N) is 3. The van der Waals surface area contributed by atoms with Crippen molar-refractivity contribution in [1.29, 1.82) is 0 Å². The van der Waals surface area contributed by atoms with Crippen LogP contribution in [0.1, 0.15) is 44.0 Å². The van der Waals surface area contributed by atoms with Crippen LogP contribution in [-0.4, -0.2) is 56.7 Å². The Morgan fingerprint density at radius 2 is 1.87 bits per heavy atom. The highest BCUT2D eigenvalue weighted by Crippen LogP contribution is 2.27. The van der Waals surface area contributed by atoms with Crippen molar-refractivity contribution in [3.63, 3.8) is 0 Å². The summed E-state index contributed by atoms with van der Waals surface area (Å²) in [5.41, 5.74) is 2.45. The molecule has 1 heterocycles. The van der Waals surface area contributed by atoms with Gasteiger partial charge in [0.2, 0.25) is 0 Å². The fraction of sp³-hybridized carbons (Fsp3) is 0.565. The molecule has 31 heavy (non-hydrogen) atoms. The average Bonchev–Trinajstić information content (AvgIpc) is 3.20. The van der Waals surface area contributed by atoms with Gasteiger partial charge in [-0.2, -0.15) is 0 Å². The third-order valence-electron chi connectivity index (χ3n) is 4.79. The molecule has 0 aliphatic carbocycles. The van der Waals surface area contributed by atoms with Gasteiger partial charge in [0.15, 0.2) is 17.5 Å². The first-order valence-electron chi connectivity index (χ1n) is 10.4. The Labute approximate surface area is 208 Å². The van der Waals surface area contributed by atoms with E-state index in [0.717, 1.165) is 60.6 Å². The van der Waals surface area contributed by atoms with E-state index in [1.54, 1.807) is 25.6 Å². The second-order valence-corrected chi connectivity index (χ2v) is 9.17. The molecule has 0 saturated heterocycles. The molecule has 1 aromatic heterocycles. The van der Waals surface area contributed by atoms with Crippen LogP contribution in [0.2, 0.25) is 0 Å². The Morgan fingerprint density at radius 1 is 1.16 bits per heavy atom. The van der Waals surface area contributed by atoms with Crippen LogP contribution in [0.25, 0.3) is 0 Å². The van der Waals surface area contributed by atoms with Crippen LogP contribution in [-0.2, 0) is 18.3 Å². The minimum Gasteiger partial charge on any atom is -0.493 e. The summed E-state index contributed by atoms with van der Waals surface area (Å²) in [6, 6.07) is 6.06. The number of thiazole rings is 1. The third kappa shape index (κ3) is 8.48. The number of benzene rings is 1. The van der Waals surface area contributed by atoms with Gasteiger partial charge in [0.05, 0.1) is 24.9 Å². The molecule has 6 nitrogen and oxygen atoms in total. The Bertz CT molecular complexity index is 833. The number of aromatic nitrogens is 1. The van der Waals surface area contributed by atoms with Crippen molar-refractivity contribution >= 4 is 41.3 Å². The van der Waals surface area contributed by atoms with Gasteiger partial charge in [0.25, 0.3) is 0 Å². The molecule has 0 radical (unpaired) electrons. The number of halogens is 1. The van der Waals surface area contributed by atoms with Gasteiger partial charge in [-0.3, -0.25) is 4.99 Å². The maximum atomic E-state index is 5.41. The Kier molecular flexibility index (Phi) is 11.6. The van der Waals surface area contributed by atoms with E-state index in [2.05, 4.69) is 56.4 Å². The summed E-state index contributed by atoms with van der Waals surface area (Å²) >= 11 is 1.73. The zero-order chi connectivity index (χ0) is 22.1. The topological polar surface area (TPSA) is 59.0 Å². The normalized spacial score (nSPS) is 11.6. The van der Waals surface area contributed by atoms with Crippen LogP contribution in [0.5, 0.6) is 11.5 Å². The molecule has 0 fully saturated rings. The van der Waals surface area contributed by atoms with Crippen molar-refractivity contribution in [3.8, 4) is 11.5 Å². The van der Waals surface area contributed by atoms with E-state index in [4.69, 9.17) is 19.5 Å². The molecular weight excluding hydrogens is 523 g/mol. The Hall–Kier alpha value is -1.55. The number of nitrogens with one attached hydrogen (secondary N) is 1. The SMILES string of the molecule is CCNC(=NCCc1nc(C(C)(C)C)cs1)N(C)CCc1ccc(OC)c(OC)c1.I. The van der Waals surface area contributed by atoms with Gasteiger partial charge in [-0.05, 0) is 31.0 Å². The summed E-state index contributed by atoms with van der Waals surface area (Å²) in [6.45, 7) is 11.1. The van der Waals surface area contributed by atoms with Gasteiger partial charge in [-0.1, -0.05) is 26.8 Å². The number of hydrogen-bond acceptors (Lipinski definition) is 5. The minimum atomic E-state index is 0. The lowest BCUT2D eigenvalue weighted by molar-refractivity contribution is 0.354. The van der Waals surface area contributed by atoms with Crippen molar-refractivity contribution in [2.45, 2.75) is 46.0 Å². The average molecular weight is 561 g/mol. The summed E-state index contributed by atoms with van der Waals surface area (Å²) in [5, 5.41) is 6.70. The molecule has 2 rings (SSSR count). The van der Waals surface area contributed by atoms with E-state index in [1.807, 2.05) is 12.1 Å². The molecule has 0 aliphatic rings. The fourth-order valence-electron chi connectivity index (χ4n) is 2.94. The van der Waals surface area contributed by atoms with E-state index in [9.17, 15) is 0 Å². The fourth-order valence-corrected chi connectivity index (χ4v) is 3.95. The lowest BCUT2D eigenvalue weighted by atomic mass is 9.93. The summed E-state index contributed by atoms with van der Waals surface area (Å²) < 4.78 is 10.7. The predicted molar refractivity (Wildman–Crippen MR) is 142 cm³/mol. The molecule has 0 spiro atoms. The van der Waals surface area contributed by atoms with Gasteiger partial charge in [0, 0.05) is 43.9 Å². The van der Waals surface area contributed by atoms with Crippen molar-refractivity contribution < 1.29 is 9.47 Å². The molecule has 0 atom stereocenters. The van der Waals surface area contributed by atoms with Gasteiger partial charge in [0.1, 0.15) is 0 Å². The standard InChI is InChI=1S/C23H36N4O2S.HI/c1-8-24-22(25-13-11-21-26-20(16-30-21)23(2,3)4)27(5)14-12-17-9-10-18(28-6)19(15-17)29-7;/h9-10,15-16H,8,11-14H2,1-7H3,(H,24,25);1H. The number of rotatable bonds is 9. The van der Waals surface area contributed by atoms with Crippen LogP contribution < -0.4 is 14.8 Å². The smallest absolute Gasteiger partial charge is 0.193 e. The van der Waals surface area contributed by atoms with Crippen LogP contribution in [0, 0.1) is 0 Å². The molecule has 0 bridgehead atoms. The summed E-state index contributed by atoms with van der Waals surface area (Å²) in [6.07, 6.45) is 1.75. The molecule has 1 N–H and O–H groups in total. The van der Waals surface area contributed by atoms with E-state index in [-0.39, 0.29) is 29.4 Å². The number of methoxy groups -OCH3 is 2. The molecule has 0 aliphatic heterocycles. The summed E-state index contributed by atoms with van der Waals surface area (Å²) in [5.74, 6) is 2.43. The highest BCUT2D eigenvalue weighted by Gasteiger charge is 2.17. The number of aliphatic imine (C=N–C) groups is 1. The number of hydrogen-bond donors (Lipinski definition) is 1. The third-order valence-corrected chi connectivity index (χ3v) is 5.70. The molecule has 8 heteroatoms. The second-order valence-electron chi connectivity index (χ2n) is 8.22. The largest absolute Gasteiger partial charge is 0.493 e. The summed E-state index contributed by atoms with van der Waals surface area (Å²) in [4.78, 5) is 11.7. The van der Waals surface area contributed by atoms with Gasteiger partial charge in [-0.15, -0.1) is 35.3 Å². The van der Waals surface area contributed by atoms with Crippen molar-refractivity contribution in [2.75, 3.05) is 40.9 Å². The van der Waals surface area contributed by atoms with Crippen molar-refractivity contribution in [2.24, 2.45) is 4.99 Å². The maximum Gasteiger partial charge on any atom is 0.193 e. The molecule has 174 valence electrons. The van der Waals surface area contributed by atoms with Gasteiger partial charge in [-0.25, -0.2) is 4.98 Å². The zero-order valence-electron chi connectivity index (χ0n) is 19.8. The van der Waals surface area contributed by atoms with E-state index < -0.39 is 0 Å². The number of guanidine groups is 1. The monoisotopic (exact) mass is 560 g/mol. The van der Waals surface area contributed by atoms with Gasteiger partial charge < -0.3 is 19.7 Å². The Morgan fingerprint density at radius 3 is 2.45 bits per heavy atom. The minimum absolute atomic E-state index is 0. The van der Waals surface area contributed by atoms with Crippen LogP contribution in [0.3, 0.4) is 0 Å². The lowest BCUT2D eigenvalue weighted by Gasteiger charge is -2.22. The van der Waals surface area contributed by atoms with Crippen LogP contribution in [0.15, 0.2) is 28.6 Å².